The molecule has 0 N–H and O–H groups in total. The third-order valence-electron chi connectivity index (χ3n) is 2.70. The van der Waals surface area contributed by atoms with E-state index >= 15 is 0 Å². The predicted octanol–water partition coefficient (Wildman–Crippen LogP) is 2.58. The molecule has 0 amide bonds. The van der Waals surface area contributed by atoms with Crippen molar-refractivity contribution in [3.8, 4) is 5.69 Å². The van der Waals surface area contributed by atoms with Crippen LogP contribution in [0.5, 0.6) is 0 Å². The van der Waals surface area contributed by atoms with Gasteiger partial charge >= 0.3 is 11.4 Å². The highest BCUT2D eigenvalue weighted by molar-refractivity contribution is 8.67. The minimum atomic E-state index is -2.59. The molecule has 0 saturated carbocycles. The summed E-state index contributed by atoms with van der Waals surface area (Å²) in [6, 6.07) is 8.65. The summed E-state index contributed by atoms with van der Waals surface area (Å²) in [5.41, 5.74) is -2.67. The predicted molar refractivity (Wildman–Crippen MR) is 93.7 cm³/mol. The van der Waals surface area contributed by atoms with Crippen LogP contribution in [0.4, 0.5) is 0 Å². The van der Waals surface area contributed by atoms with Crippen molar-refractivity contribution in [2.75, 3.05) is 13.2 Å². The molecule has 0 atom stereocenters. The third kappa shape index (κ3) is 4.45. The summed E-state index contributed by atoms with van der Waals surface area (Å²) in [4.78, 5) is 24.3. The van der Waals surface area contributed by atoms with E-state index in [4.69, 9.17) is 25.4 Å². The van der Waals surface area contributed by atoms with Crippen LogP contribution in [0.3, 0.4) is 0 Å². The van der Waals surface area contributed by atoms with Gasteiger partial charge in [-0.1, -0.05) is 18.2 Å². The molecule has 126 valence electrons. The van der Waals surface area contributed by atoms with Crippen molar-refractivity contribution in [3.05, 3.63) is 51.4 Å². The van der Waals surface area contributed by atoms with Crippen LogP contribution in [0.25, 0.3) is 5.69 Å². The zero-order valence-corrected chi connectivity index (χ0v) is 15.2. The number of para-hydroxylation sites is 1. The molecule has 7 nitrogen and oxygen atoms in total. The maximum absolute atomic E-state index is 12.3. The van der Waals surface area contributed by atoms with Crippen molar-refractivity contribution in [1.82, 2.24) is 9.31 Å². The van der Waals surface area contributed by atoms with Crippen molar-refractivity contribution in [1.29, 1.82) is 0 Å². The summed E-state index contributed by atoms with van der Waals surface area (Å²) in [7, 11) is 0. The first-order valence-corrected chi connectivity index (χ1v) is 11.2. The second-order valence-corrected chi connectivity index (χ2v) is 10.5. The molecule has 10 heteroatoms. The number of nitrogens with zero attached hydrogens (tertiary/aromatic N) is 2. The molecule has 2 aromatic rings. The van der Waals surface area contributed by atoms with E-state index in [1.54, 1.807) is 30.3 Å². The van der Waals surface area contributed by atoms with E-state index in [1.165, 1.54) is 0 Å². The molecule has 0 unspecified atom stereocenters. The average molecular weight is 376 g/mol. The molecule has 0 aliphatic heterocycles. The number of rotatable bonds is 8. The quantitative estimate of drug-likeness (QED) is 0.656. The first-order chi connectivity index (χ1) is 11.0. The molecule has 1 heterocycles. The Labute approximate surface area is 142 Å². The Kier molecular flexibility index (Phi) is 6.43. The molecular weight excluding hydrogens is 359 g/mol. The van der Waals surface area contributed by atoms with Gasteiger partial charge in [-0.25, -0.2) is 14.2 Å². The van der Waals surface area contributed by atoms with Crippen molar-refractivity contribution in [3.63, 3.8) is 0 Å². The van der Waals surface area contributed by atoms with Gasteiger partial charge in [-0.2, -0.15) is 0 Å². The van der Waals surface area contributed by atoms with Crippen LogP contribution in [-0.2, 0) is 26.7 Å². The Morgan fingerprint density at radius 1 is 1.17 bits per heavy atom. The van der Waals surface area contributed by atoms with Gasteiger partial charge in [-0.3, -0.25) is 0 Å². The van der Waals surface area contributed by atoms with Gasteiger partial charge in [0.2, 0.25) is 5.69 Å². The number of hydrogen-bond acceptors (Lipinski definition) is 7. The lowest BCUT2D eigenvalue weighted by atomic mass is 10.3. The van der Waals surface area contributed by atoms with Crippen LogP contribution in [0.2, 0.25) is 0 Å². The minimum Gasteiger partial charge on any atom is -0.322 e. The van der Waals surface area contributed by atoms with Gasteiger partial charge in [-0.15, -0.1) is 4.74 Å². The van der Waals surface area contributed by atoms with Gasteiger partial charge in [0.05, 0.1) is 24.8 Å². The van der Waals surface area contributed by atoms with Crippen LogP contribution in [0, 0.1) is 0 Å². The third-order valence-corrected chi connectivity index (χ3v) is 8.05. The van der Waals surface area contributed by atoms with Crippen molar-refractivity contribution < 1.29 is 13.6 Å². The zero-order valence-electron chi connectivity index (χ0n) is 12.7. The summed E-state index contributed by atoms with van der Waals surface area (Å²) in [5.74, 6) is -0.737. The van der Waals surface area contributed by atoms with Gasteiger partial charge in [0.1, 0.15) is 0 Å². The molecule has 0 saturated heterocycles. The zero-order chi connectivity index (χ0) is 16.9. The summed E-state index contributed by atoms with van der Waals surface area (Å²) in [5, 5.41) is 0. The van der Waals surface area contributed by atoms with E-state index in [-0.39, 0.29) is 5.88 Å². The van der Waals surface area contributed by atoms with Crippen molar-refractivity contribution >= 4 is 28.9 Å². The van der Waals surface area contributed by atoms with Crippen molar-refractivity contribution in [2.24, 2.45) is 0 Å². The SMILES string of the molecule is CCOP(=S)(OCC)SCn1c(=O)on(-c2ccccc2)c1=O. The van der Waals surface area contributed by atoms with E-state index in [2.05, 4.69) is 0 Å². The maximum Gasteiger partial charge on any atom is 0.443 e. The van der Waals surface area contributed by atoms with E-state index < -0.39 is 17.1 Å². The molecule has 0 aliphatic rings. The fourth-order valence-corrected chi connectivity index (χ4v) is 5.98. The van der Waals surface area contributed by atoms with Gasteiger partial charge in [0.15, 0.2) is 0 Å². The lowest BCUT2D eigenvalue weighted by Crippen LogP contribution is -2.27. The molecular formula is C13H17N2O5PS2. The lowest BCUT2D eigenvalue weighted by Gasteiger charge is -2.19. The second-order valence-electron chi connectivity index (χ2n) is 4.24. The monoisotopic (exact) mass is 376 g/mol. The Hall–Kier alpha value is -1.12. The Morgan fingerprint density at radius 2 is 1.78 bits per heavy atom. The highest BCUT2D eigenvalue weighted by Crippen LogP contribution is 2.61. The summed E-state index contributed by atoms with van der Waals surface area (Å²) < 4.78 is 17.9. The van der Waals surface area contributed by atoms with Gasteiger partial charge in [0, 0.05) is 0 Å². The van der Waals surface area contributed by atoms with Crippen LogP contribution in [0.15, 0.2) is 44.4 Å². The van der Waals surface area contributed by atoms with Crippen LogP contribution < -0.4 is 11.4 Å². The topological polar surface area (TPSA) is 75.6 Å². The molecule has 0 radical (unpaired) electrons. The standard InChI is InChI=1S/C13H17N2O5PS2/c1-3-18-21(22,19-4-2)23-10-14-12(16)15(20-13(14)17)11-8-6-5-7-9-11/h5-9H,3-4,10H2,1-2H3. The largest absolute Gasteiger partial charge is 0.443 e. The van der Waals surface area contributed by atoms with Crippen molar-refractivity contribution in [2.45, 2.75) is 19.7 Å². The smallest absolute Gasteiger partial charge is 0.322 e. The Morgan fingerprint density at radius 3 is 2.35 bits per heavy atom. The second kappa shape index (κ2) is 8.12. The Balaban J connectivity index is 2.25. The summed E-state index contributed by atoms with van der Waals surface area (Å²) in [6.07, 6.45) is 0. The fourth-order valence-electron chi connectivity index (χ4n) is 1.75. The van der Waals surface area contributed by atoms with Crippen LogP contribution >= 0.6 is 17.1 Å². The van der Waals surface area contributed by atoms with E-state index in [0.29, 0.717) is 18.9 Å². The first kappa shape index (κ1) is 18.2. The fraction of sp³-hybridized carbons (Fsp3) is 0.385. The molecule has 23 heavy (non-hydrogen) atoms. The summed E-state index contributed by atoms with van der Waals surface area (Å²) >= 11 is 6.49. The number of benzene rings is 1. The maximum atomic E-state index is 12.3. The number of hydrogen-bond donors (Lipinski definition) is 0. The molecule has 0 aliphatic carbocycles. The average Bonchev–Trinajstić information content (AvgIpc) is 2.81. The molecule has 2 rings (SSSR count). The van der Waals surface area contributed by atoms with Crippen LogP contribution in [0.1, 0.15) is 13.8 Å². The van der Waals surface area contributed by atoms with Crippen LogP contribution in [-0.4, -0.2) is 22.5 Å². The van der Waals surface area contributed by atoms with E-state index in [1.807, 2.05) is 13.8 Å². The van der Waals surface area contributed by atoms with Gasteiger partial charge in [0.25, 0.3) is 0 Å². The Bertz CT molecular complexity index is 789. The van der Waals surface area contributed by atoms with E-state index in [0.717, 1.165) is 20.7 Å². The lowest BCUT2D eigenvalue weighted by molar-refractivity contribution is 0.280. The summed E-state index contributed by atoms with van der Waals surface area (Å²) in [6.45, 7) is 4.43. The highest BCUT2D eigenvalue weighted by atomic mass is 32.9. The molecule has 0 fully saturated rings. The molecule has 0 spiro atoms. The molecule has 0 bridgehead atoms. The van der Waals surface area contributed by atoms with Gasteiger partial charge in [-0.05, 0) is 49.2 Å². The van der Waals surface area contributed by atoms with E-state index in [9.17, 15) is 9.59 Å². The number of aromatic nitrogens is 2. The van der Waals surface area contributed by atoms with Gasteiger partial charge < -0.3 is 13.6 Å². The molecule has 1 aromatic heterocycles. The highest BCUT2D eigenvalue weighted by Gasteiger charge is 2.22. The normalized spacial score (nSPS) is 11.7. The minimum absolute atomic E-state index is 0.0122. The molecule has 1 aromatic carbocycles. The first-order valence-electron chi connectivity index (χ1n) is 6.93.